The van der Waals surface area contributed by atoms with Gasteiger partial charge in [-0.1, -0.05) is 50.9 Å². The number of hydrogen-bond donors (Lipinski definition) is 0. The second-order valence-corrected chi connectivity index (χ2v) is 19.1. The SMILES string of the molecule is CCOC(=O)[C@H]1CC[C@H](n2ncc(C(=O)N(CC(O[Si](CC)(CC)CC)c3c(Cl)cncc3Cl)CC(C)(C)C(F)(F)F)c2C(F)(F)F)C[C@@H]1C. The van der Waals surface area contributed by atoms with E-state index < -0.39 is 80.4 Å². The minimum absolute atomic E-state index is 0.0348. The molecule has 0 aromatic carbocycles. The van der Waals surface area contributed by atoms with Crippen LogP contribution >= 0.6 is 23.2 Å². The summed E-state index contributed by atoms with van der Waals surface area (Å²) in [5, 5.41) is 4.07. The van der Waals surface area contributed by atoms with Crippen molar-refractivity contribution < 1.29 is 45.1 Å². The molecule has 0 spiro atoms. The van der Waals surface area contributed by atoms with Crippen LogP contribution in [0.2, 0.25) is 28.2 Å². The molecule has 0 radical (unpaired) electrons. The Hall–Kier alpha value is -2.36. The van der Waals surface area contributed by atoms with Gasteiger partial charge in [0.05, 0.1) is 58.4 Å². The van der Waals surface area contributed by atoms with E-state index in [2.05, 4.69) is 10.1 Å². The third-order valence-electron chi connectivity index (χ3n) is 9.94. The van der Waals surface area contributed by atoms with Crippen LogP contribution in [-0.4, -0.2) is 65.7 Å². The normalized spacial score (nSPS) is 19.7. The first-order chi connectivity index (χ1) is 23.2. The van der Waals surface area contributed by atoms with Gasteiger partial charge in [-0.15, -0.1) is 0 Å². The summed E-state index contributed by atoms with van der Waals surface area (Å²) >= 11 is 13.0. The Kier molecular flexibility index (Phi) is 13.9. The fourth-order valence-electron chi connectivity index (χ4n) is 6.64. The van der Waals surface area contributed by atoms with E-state index in [1.165, 1.54) is 12.4 Å². The molecule has 2 aromatic rings. The van der Waals surface area contributed by atoms with Gasteiger partial charge < -0.3 is 14.1 Å². The predicted octanol–water partition coefficient (Wildman–Crippen LogP) is 9.94. The van der Waals surface area contributed by atoms with Crippen molar-refractivity contribution in [2.24, 2.45) is 17.3 Å². The second-order valence-electron chi connectivity index (χ2n) is 13.6. The lowest BCUT2D eigenvalue weighted by Gasteiger charge is -2.39. The van der Waals surface area contributed by atoms with Gasteiger partial charge in [-0.25, -0.2) is 0 Å². The van der Waals surface area contributed by atoms with Crippen LogP contribution in [0.3, 0.4) is 0 Å². The van der Waals surface area contributed by atoms with Gasteiger partial charge in [0.2, 0.25) is 0 Å². The molecule has 2 aromatic heterocycles. The predicted molar refractivity (Wildman–Crippen MR) is 180 cm³/mol. The van der Waals surface area contributed by atoms with E-state index in [-0.39, 0.29) is 47.4 Å². The fourth-order valence-corrected chi connectivity index (χ4v) is 10.0. The molecule has 1 amide bonds. The van der Waals surface area contributed by atoms with Crippen LogP contribution < -0.4 is 0 Å². The van der Waals surface area contributed by atoms with Crippen molar-refractivity contribution in [3.63, 3.8) is 0 Å². The first kappa shape index (κ1) is 42.1. The molecule has 0 saturated heterocycles. The second kappa shape index (κ2) is 16.5. The number of amides is 1. The number of halogens is 8. The minimum Gasteiger partial charge on any atom is -0.466 e. The topological polar surface area (TPSA) is 86.6 Å². The molecule has 2 heterocycles. The molecule has 0 bridgehead atoms. The highest BCUT2D eigenvalue weighted by molar-refractivity contribution is 6.73. The molecule has 1 aliphatic carbocycles. The molecule has 282 valence electrons. The Labute approximate surface area is 300 Å². The molecular formula is C33H46Cl2F6N4O4Si. The molecule has 4 atom stereocenters. The molecule has 0 aliphatic heterocycles. The lowest BCUT2D eigenvalue weighted by molar-refractivity contribution is -0.215. The van der Waals surface area contributed by atoms with E-state index in [1.807, 2.05) is 20.8 Å². The number of ether oxygens (including phenoxy) is 1. The number of esters is 1. The first-order valence-electron chi connectivity index (χ1n) is 16.8. The number of carbonyl (C=O) groups excluding carboxylic acids is 2. The van der Waals surface area contributed by atoms with Gasteiger partial charge >= 0.3 is 18.3 Å². The van der Waals surface area contributed by atoms with Crippen LogP contribution in [0, 0.1) is 17.3 Å². The minimum atomic E-state index is -5.10. The zero-order chi connectivity index (χ0) is 37.8. The van der Waals surface area contributed by atoms with E-state index in [0.717, 1.165) is 29.6 Å². The Morgan fingerprint density at radius 1 is 1.00 bits per heavy atom. The summed E-state index contributed by atoms with van der Waals surface area (Å²) in [4.78, 5) is 31.4. The number of aromatic nitrogens is 3. The standard InChI is InChI=1S/C33H46Cl2F6N4O4Si/c1-8-48-30(47)22-13-12-21(14-20(22)5)45-28(32(36,37)38)23(15-43-45)29(46)44(19-31(6,7)33(39,40)41)18-26(49-50(9-2,10-3)11-4)27-24(34)16-42-17-25(27)35/h15-17,20-22,26H,8-14,18-19H2,1-7H3/t20-,21-,22-,26?/m0/s1. The number of alkyl halides is 6. The van der Waals surface area contributed by atoms with Crippen molar-refractivity contribution >= 4 is 43.4 Å². The first-order valence-corrected chi connectivity index (χ1v) is 20.1. The number of nitrogens with zero attached hydrogens (tertiary/aromatic N) is 4. The summed E-state index contributed by atoms with van der Waals surface area (Å²) in [5.41, 5.74) is -4.63. The average Bonchev–Trinajstić information content (AvgIpc) is 3.48. The van der Waals surface area contributed by atoms with E-state index >= 15 is 0 Å². The molecule has 8 nitrogen and oxygen atoms in total. The summed E-state index contributed by atoms with van der Waals surface area (Å²) < 4.78 is 100. The van der Waals surface area contributed by atoms with E-state index in [0.29, 0.717) is 18.1 Å². The van der Waals surface area contributed by atoms with Crippen LogP contribution in [-0.2, 0) is 20.1 Å². The molecule has 3 rings (SSSR count). The van der Waals surface area contributed by atoms with Gasteiger partial charge in [-0.05, 0) is 64.1 Å². The van der Waals surface area contributed by atoms with Crippen LogP contribution in [0.15, 0.2) is 18.6 Å². The van der Waals surface area contributed by atoms with Crippen molar-refractivity contribution in [2.45, 2.75) is 110 Å². The molecule has 1 fully saturated rings. The van der Waals surface area contributed by atoms with Crippen LogP contribution in [0.25, 0.3) is 0 Å². The maximum Gasteiger partial charge on any atom is 0.433 e. The maximum atomic E-state index is 14.9. The van der Waals surface area contributed by atoms with Gasteiger partial charge in [-0.2, -0.15) is 31.4 Å². The molecule has 1 aliphatic rings. The van der Waals surface area contributed by atoms with Crippen LogP contribution in [0.5, 0.6) is 0 Å². The van der Waals surface area contributed by atoms with Crippen LogP contribution in [0.4, 0.5) is 26.3 Å². The van der Waals surface area contributed by atoms with Gasteiger partial charge in [-0.3, -0.25) is 19.3 Å². The Balaban J connectivity index is 2.16. The maximum absolute atomic E-state index is 14.9. The average molecular weight is 776 g/mol. The number of carbonyl (C=O) groups is 2. The zero-order valence-electron chi connectivity index (χ0n) is 29.4. The highest BCUT2D eigenvalue weighted by Crippen LogP contribution is 2.44. The molecule has 17 heteroatoms. The van der Waals surface area contributed by atoms with Crippen molar-refractivity contribution in [3.05, 3.63) is 45.5 Å². The smallest absolute Gasteiger partial charge is 0.433 e. The van der Waals surface area contributed by atoms with Crippen molar-refractivity contribution in [1.82, 2.24) is 19.7 Å². The largest absolute Gasteiger partial charge is 0.466 e. The highest BCUT2D eigenvalue weighted by atomic mass is 35.5. The van der Waals surface area contributed by atoms with Crippen molar-refractivity contribution in [1.29, 1.82) is 0 Å². The number of hydrogen-bond acceptors (Lipinski definition) is 6. The zero-order valence-corrected chi connectivity index (χ0v) is 31.9. The van der Waals surface area contributed by atoms with E-state index in [1.54, 1.807) is 13.8 Å². The van der Waals surface area contributed by atoms with Gasteiger partial charge in [0.25, 0.3) is 5.91 Å². The lowest BCUT2D eigenvalue weighted by Crippen LogP contribution is -2.49. The summed E-state index contributed by atoms with van der Waals surface area (Å²) in [5.74, 6) is -2.60. The van der Waals surface area contributed by atoms with Crippen molar-refractivity contribution in [3.8, 4) is 0 Å². The molecule has 50 heavy (non-hydrogen) atoms. The molecule has 1 saturated carbocycles. The van der Waals surface area contributed by atoms with Crippen molar-refractivity contribution in [2.75, 3.05) is 19.7 Å². The molecular weight excluding hydrogens is 729 g/mol. The molecule has 1 unspecified atom stereocenters. The summed E-state index contributed by atoms with van der Waals surface area (Å²) in [7, 11) is -2.60. The summed E-state index contributed by atoms with van der Waals surface area (Å²) in [6.07, 6.45) is -7.27. The Morgan fingerprint density at radius 2 is 1.58 bits per heavy atom. The van der Waals surface area contributed by atoms with Gasteiger partial charge in [0, 0.05) is 24.5 Å². The third-order valence-corrected chi connectivity index (χ3v) is 15.2. The number of pyridine rings is 1. The highest BCUT2D eigenvalue weighted by Gasteiger charge is 2.51. The summed E-state index contributed by atoms with van der Waals surface area (Å²) in [6.45, 7) is 9.49. The van der Waals surface area contributed by atoms with E-state index in [9.17, 15) is 35.9 Å². The van der Waals surface area contributed by atoms with Crippen LogP contribution in [0.1, 0.15) is 101 Å². The third kappa shape index (κ3) is 9.35. The lowest BCUT2D eigenvalue weighted by atomic mass is 9.78. The van der Waals surface area contributed by atoms with Gasteiger partial charge in [0.1, 0.15) is 0 Å². The fraction of sp³-hybridized carbons (Fsp3) is 0.697. The quantitative estimate of drug-likeness (QED) is 0.108. The Bertz CT molecular complexity index is 1460. The summed E-state index contributed by atoms with van der Waals surface area (Å²) in [6, 6.07) is 1.01. The van der Waals surface area contributed by atoms with Gasteiger partial charge in [0.15, 0.2) is 14.0 Å². The van der Waals surface area contributed by atoms with E-state index in [4.69, 9.17) is 32.4 Å². The number of rotatable bonds is 14. The Morgan fingerprint density at radius 3 is 2.06 bits per heavy atom. The monoisotopic (exact) mass is 774 g/mol. The molecule has 0 N–H and O–H groups in total.